The molecule has 1 heterocycles. The van der Waals surface area contributed by atoms with E-state index in [4.69, 9.17) is 10.00 Å². The first-order chi connectivity index (χ1) is 12.1. The van der Waals surface area contributed by atoms with Crippen LogP contribution in [0.3, 0.4) is 0 Å². The first-order valence-electron chi connectivity index (χ1n) is 7.82. The average Bonchev–Trinajstić information content (AvgIpc) is 2.87. The Bertz CT molecular complexity index is 804. The topological polar surface area (TPSA) is 90.6 Å². The Labute approximate surface area is 144 Å². The van der Waals surface area contributed by atoms with Crippen LogP contribution in [0.15, 0.2) is 48.5 Å². The molecular weight excluding hydrogens is 320 g/mol. The molecule has 0 radical (unpaired) electrons. The third kappa shape index (κ3) is 3.52. The lowest BCUT2D eigenvalue weighted by Gasteiger charge is -2.19. The number of aliphatic hydroxyl groups is 1. The first kappa shape index (κ1) is 16.7. The summed E-state index contributed by atoms with van der Waals surface area (Å²) in [7, 11) is 0. The van der Waals surface area contributed by atoms with Gasteiger partial charge >= 0.3 is 0 Å². The molecule has 0 spiro atoms. The number of nitrogens with zero attached hydrogens (tertiary/aromatic N) is 2. The van der Waals surface area contributed by atoms with Gasteiger partial charge in [-0.15, -0.1) is 0 Å². The van der Waals surface area contributed by atoms with Gasteiger partial charge in [-0.1, -0.05) is 24.3 Å². The largest absolute Gasteiger partial charge is 0.491 e. The smallest absolute Gasteiger partial charge is 0.261 e. The lowest BCUT2D eigenvalue weighted by Crippen LogP contribution is -2.39. The van der Waals surface area contributed by atoms with Crippen LogP contribution in [-0.4, -0.2) is 41.1 Å². The minimum Gasteiger partial charge on any atom is -0.491 e. The number of amides is 2. The van der Waals surface area contributed by atoms with Crippen LogP contribution in [0.2, 0.25) is 0 Å². The second kappa shape index (κ2) is 7.16. The molecule has 6 heteroatoms. The van der Waals surface area contributed by atoms with Crippen LogP contribution in [0.1, 0.15) is 26.3 Å². The van der Waals surface area contributed by atoms with Gasteiger partial charge in [-0.05, 0) is 29.8 Å². The van der Waals surface area contributed by atoms with Crippen molar-refractivity contribution in [2.24, 2.45) is 0 Å². The average molecular weight is 336 g/mol. The number of benzene rings is 2. The fraction of sp³-hybridized carbons (Fsp3) is 0.211. The Morgan fingerprint density at radius 1 is 1.04 bits per heavy atom. The van der Waals surface area contributed by atoms with Crippen LogP contribution in [0, 0.1) is 11.3 Å². The van der Waals surface area contributed by atoms with Gasteiger partial charge in [0.15, 0.2) is 0 Å². The summed E-state index contributed by atoms with van der Waals surface area (Å²) in [4.78, 5) is 25.5. The Kier molecular flexibility index (Phi) is 4.78. The van der Waals surface area contributed by atoms with Crippen molar-refractivity contribution in [3.05, 3.63) is 65.2 Å². The van der Waals surface area contributed by atoms with Crippen molar-refractivity contribution < 1.29 is 19.4 Å². The van der Waals surface area contributed by atoms with Gasteiger partial charge in [-0.2, -0.15) is 5.26 Å². The maximum atomic E-state index is 12.2. The minimum atomic E-state index is -0.999. The number of hydrogen-bond donors (Lipinski definition) is 1. The standard InChI is InChI=1S/C19H16N2O4/c20-10-9-13-5-7-15(8-6-13)25-12-14(22)11-21-18(23)16-3-1-2-4-17(16)19(21)24/h1-8,14,22H,9,11-12H2/t14-/m1/s1. The second-order valence-corrected chi connectivity index (χ2v) is 5.71. The van der Waals surface area contributed by atoms with E-state index in [1.165, 1.54) is 0 Å². The molecule has 0 saturated heterocycles. The zero-order valence-electron chi connectivity index (χ0n) is 13.4. The third-order valence-electron chi connectivity index (χ3n) is 3.92. The van der Waals surface area contributed by atoms with Crippen molar-refractivity contribution in [1.82, 2.24) is 4.90 Å². The molecule has 2 aromatic carbocycles. The van der Waals surface area contributed by atoms with Gasteiger partial charge < -0.3 is 9.84 Å². The molecule has 0 bridgehead atoms. The molecule has 126 valence electrons. The molecule has 0 aromatic heterocycles. The van der Waals surface area contributed by atoms with E-state index in [0.717, 1.165) is 10.5 Å². The SMILES string of the molecule is N#CCc1ccc(OC[C@H](O)CN2C(=O)c3ccccc3C2=O)cc1. The summed E-state index contributed by atoms with van der Waals surface area (Å²) >= 11 is 0. The van der Waals surface area contributed by atoms with Gasteiger partial charge in [0.25, 0.3) is 11.8 Å². The van der Waals surface area contributed by atoms with Gasteiger partial charge in [-0.3, -0.25) is 14.5 Å². The molecule has 1 N–H and O–H groups in total. The molecule has 0 saturated carbocycles. The molecule has 0 fully saturated rings. The number of fused-ring (bicyclic) bond motifs is 1. The van der Waals surface area contributed by atoms with E-state index >= 15 is 0 Å². The van der Waals surface area contributed by atoms with E-state index in [1.54, 1.807) is 48.5 Å². The number of imide groups is 1. The van der Waals surface area contributed by atoms with Gasteiger partial charge in [0.2, 0.25) is 0 Å². The monoisotopic (exact) mass is 336 g/mol. The number of hydrogen-bond acceptors (Lipinski definition) is 5. The van der Waals surface area contributed by atoms with E-state index < -0.39 is 17.9 Å². The van der Waals surface area contributed by atoms with Crippen LogP contribution in [0.5, 0.6) is 5.75 Å². The predicted molar refractivity (Wildman–Crippen MR) is 89.1 cm³/mol. The van der Waals surface area contributed by atoms with E-state index in [-0.39, 0.29) is 13.2 Å². The maximum absolute atomic E-state index is 12.2. The third-order valence-corrected chi connectivity index (χ3v) is 3.92. The number of aliphatic hydroxyl groups excluding tert-OH is 1. The normalized spacial score (nSPS) is 14.2. The minimum absolute atomic E-state index is 0.0506. The van der Waals surface area contributed by atoms with Crippen LogP contribution < -0.4 is 4.74 Å². The molecule has 1 aliphatic rings. The van der Waals surface area contributed by atoms with E-state index in [0.29, 0.717) is 23.3 Å². The van der Waals surface area contributed by atoms with Gasteiger partial charge in [0.1, 0.15) is 18.5 Å². The Morgan fingerprint density at radius 3 is 2.20 bits per heavy atom. The van der Waals surface area contributed by atoms with Crippen LogP contribution in [0.4, 0.5) is 0 Å². The fourth-order valence-electron chi connectivity index (χ4n) is 2.66. The van der Waals surface area contributed by atoms with E-state index in [9.17, 15) is 14.7 Å². The Morgan fingerprint density at radius 2 is 1.64 bits per heavy atom. The predicted octanol–water partition coefficient (Wildman–Crippen LogP) is 1.79. The number of ether oxygens (including phenoxy) is 1. The summed E-state index contributed by atoms with van der Waals surface area (Å²) in [6.45, 7) is -0.177. The first-order valence-corrected chi connectivity index (χ1v) is 7.82. The number of β-amino-alcohol motifs (C(OH)–C–C–N with tert-alkyl or cyclic N) is 1. The molecule has 2 amide bonds. The zero-order valence-corrected chi connectivity index (χ0v) is 13.4. The lowest BCUT2D eigenvalue weighted by atomic mass is 10.1. The quantitative estimate of drug-likeness (QED) is 0.812. The van der Waals surface area contributed by atoms with Crippen LogP contribution in [-0.2, 0) is 6.42 Å². The van der Waals surface area contributed by atoms with Crippen molar-refractivity contribution in [2.45, 2.75) is 12.5 Å². The molecule has 0 aliphatic carbocycles. The van der Waals surface area contributed by atoms with Gasteiger partial charge in [0, 0.05) is 0 Å². The summed E-state index contributed by atoms with van der Waals surface area (Å²) in [6, 6.07) is 15.6. The van der Waals surface area contributed by atoms with Crippen molar-refractivity contribution >= 4 is 11.8 Å². The highest BCUT2D eigenvalue weighted by molar-refractivity contribution is 6.21. The highest BCUT2D eigenvalue weighted by Gasteiger charge is 2.36. The lowest BCUT2D eigenvalue weighted by molar-refractivity contribution is 0.0457. The highest BCUT2D eigenvalue weighted by atomic mass is 16.5. The van der Waals surface area contributed by atoms with Crippen molar-refractivity contribution in [3.8, 4) is 11.8 Å². The maximum Gasteiger partial charge on any atom is 0.261 e. The summed E-state index contributed by atoms with van der Waals surface area (Å²) in [5.41, 5.74) is 1.59. The molecule has 0 unspecified atom stereocenters. The molecule has 6 nitrogen and oxygen atoms in total. The fourth-order valence-corrected chi connectivity index (χ4v) is 2.66. The van der Waals surface area contributed by atoms with Crippen molar-refractivity contribution in [2.75, 3.05) is 13.2 Å². The number of carbonyl (C=O) groups excluding carboxylic acids is 2. The van der Waals surface area contributed by atoms with Gasteiger partial charge in [0.05, 0.1) is 30.2 Å². The summed E-state index contributed by atoms with van der Waals surface area (Å²) in [5.74, 6) is -0.260. The number of rotatable bonds is 6. The molecule has 3 rings (SSSR count). The Hall–Kier alpha value is -3.17. The molecular formula is C19H16N2O4. The molecule has 1 atom stereocenters. The van der Waals surface area contributed by atoms with E-state index in [1.807, 2.05) is 0 Å². The van der Waals surface area contributed by atoms with E-state index in [2.05, 4.69) is 6.07 Å². The summed E-state index contributed by atoms with van der Waals surface area (Å²) < 4.78 is 5.48. The van der Waals surface area contributed by atoms with Crippen LogP contribution >= 0.6 is 0 Å². The molecule has 2 aromatic rings. The summed E-state index contributed by atoms with van der Waals surface area (Å²) in [6.07, 6.45) is -0.677. The van der Waals surface area contributed by atoms with Crippen molar-refractivity contribution in [3.63, 3.8) is 0 Å². The zero-order chi connectivity index (χ0) is 17.8. The highest BCUT2D eigenvalue weighted by Crippen LogP contribution is 2.22. The molecule has 1 aliphatic heterocycles. The number of carbonyl (C=O) groups is 2. The summed E-state index contributed by atoms with van der Waals surface area (Å²) in [5, 5.41) is 18.7. The molecule has 25 heavy (non-hydrogen) atoms. The number of nitriles is 1. The van der Waals surface area contributed by atoms with Crippen LogP contribution in [0.25, 0.3) is 0 Å². The Balaban J connectivity index is 1.57. The second-order valence-electron chi connectivity index (χ2n) is 5.71. The van der Waals surface area contributed by atoms with Crippen molar-refractivity contribution in [1.29, 1.82) is 5.26 Å². The van der Waals surface area contributed by atoms with Gasteiger partial charge in [-0.25, -0.2) is 0 Å².